The molecule has 0 heterocycles. The summed E-state index contributed by atoms with van der Waals surface area (Å²) < 4.78 is 4.86. The van der Waals surface area contributed by atoms with Gasteiger partial charge >= 0.3 is 5.97 Å². The molecule has 3 rings (SSSR count). The molecule has 4 heteroatoms. The van der Waals surface area contributed by atoms with Gasteiger partial charge < -0.3 is 4.74 Å². The predicted octanol–water partition coefficient (Wildman–Crippen LogP) is 6.54. The van der Waals surface area contributed by atoms with Gasteiger partial charge in [-0.05, 0) is 46.9 Å². The third kappa shape index (κ3) is 4.79. The normalized spacial score (nSPS) is 10.9. The first-order valence-corrected chi connectivity index (χ1v) is 9.21. The van der Waals surface area contributed by atoms with Gasteiger partial charge in [0.15, 0.2) is 0 Å². The van der Waals surface area contributed by atoms with E-state index < -0.39 is 0 Å². The molecule has 136 valence electrons. The quantitative estimate of drug-likeness (QED) is 0.361. The predicted molar refractivity (Wildman–Crippen MR) is 112 cm³/mol. The first-order valence-electron chi connectivity index (χ1n) is 8.45. The van der Waals surface area contributed by atoms with E-state index in [0.717, 1.165) is 28.7 Å². The summed E-state index contributed by atoms with van der Waals surface area (Å²) in [5, 5.41) is 1.10. The monoisotopic (exact) mass is 396 g/mol. The van der Waals surface area contributed by atoms with Crippen LogP contribution in [0.2, 0.25) is 10.0 Å². The Balaban J connectivity index is 1.90. The number of methoxy groups -OCH3 is 1. The average Bonchev–Trinajstić information content (AvgIpc) is 2.70. The zero-order chi connectivity index (χ0) is 19.2. The van der Waals surface area contributed by atoms with E-state index in [1.165, 1.54) is 7.11 Å². The van der Waals surface area contributed by atoms with Crippen molar-refractivity contribution in [3.05, 3.63) is 105 Å². The van der Waals surface area contributed by atoms with E-state index in [1.54, 1.807) is 6.07 Å². The molecule has 0 aliphatic heterocycles. The second-order valence-electron chi connectivity index (χ2n) is 6.04. The molecule has 0 unspecified atom stereocenters. The zero-order valence-electron chi connectivity index (χ0n) is 14.8. The summed E-state index contributed by atoms with van der Waals surface area (Å²) in [7, 11) is 1.38. The summed E-state index contributed by atoms with van der Waals surface area (Å²) in [6.45, 7) is 0. The second-order valence-corrected chi connectivity index (χ2v) is 6.85. The molecule has 0 fully saturated rings. The molecule has 27 heavy (non-hydrogen) atoms. The zero-order valence-corrected chi connectivity index (χ0v) is 16.3. The number of esters is 1. The van der Waals surface area contributed by atoms with Crippen LogP contribution in [0, 0.1) is 0 Å². The minimum absolute atomic E-state index is 0.348. The maximum absolute atomic E-state index is 11.9. The van der Waals surface area contributed by atoms with Crippen LogP contribution in [0.1, 0.15) is 32.6 Å². The molecule has 3 aromatic rings. The third-order valence-corrected chi connectivity index (χ3v) is 4.98. The van der Waals surface area contributed by atoms with Crippen LogP contribution >= 0.6 is 23.2 Å². The Morgan fingerprint density at radius 1 is 0.889 bits per heavy atom. The van der Waals surface area contributed by atoms with E-state index in [4.69, 9.17) is 27.9 Å². The maximum Gasteiger partial charge on any atom is 0.338 e. The Morgan fingerprint density at radius 3 is 2.30 bits per heavy atom. The number of benzene rings is 3. The highest BCUT2D eigenvalue weighted by Gasteiger charge is 2.09. The van der Waals surface area contributed by atoms with E-state index in [-0.39, 0.29) is 5.97 Å². The smallest absolute Gasteiger partial charge is 0.338 e. The molecule has 0 spiro atoms. The Bertz CT molecular complexity index is 993. The third-order valence-electron chi connectivity index (χ3n) is 4.24. The van der Waals surface area contributed by atoms with E-state index in [2.05, 4.69) is 6.07 Å². The highest BCUT2D eigenvalue weighted by molar-refractivity contribution is 6.42. The largest absolute Gasteiger partial charge is 0.465 e. The van der Waals surface area contributed by atoms with Crippen molar-refractivity contribution in [2.45, 2.75) is 6.42 Å². The van der Waals surface area contributed by atoms with Crippen molar-refractivity contribution in [1.82, 2.24) is 0 Å². The van der Waals surface area contributed by atoms with Crippen molar-refractivity contribution in [2.24, 2.45) is 0 Å². The number of hydrogen-bond donors (Lipinski definition) is 0. The summed E-state index contributed by atoms with van der Waals surface area (Å²) in [4.78, 5) is 11.9. The molecule has 0 bridgehead atoms. The van der Waals surface area contributed by atoms with Crippen LogP contribution in [-0.2, 0) is 11.2 Å². The van der Waals surface area contributed by atoms with Gasteiger partial charge in [0, 0.05) is 0 Å². The summed E-state index contributed by atoms with van der Waals surface area (Å²) in [6, 6.07) is 21.2. The van der Waals surface area contributed by atoms with Crippen LogP contribution in [0.5, 0.6) is 0 Å². The average molecular weight is 397 g/mol. The first kappa shape index (κ1) is 19.2. The van der Waals surface area contributed by atoms with Crippen LogP contribution < -0.4 is 0 Å². The first-order chi connectivity index (χ1) is 13.1. The number of rotatable bonds is 5. The van der Waals surface area contributed by atoms with E-state index in [0.29, 0.717) is 15.6 Å². The van der Waals surface area contributed by atoms with E-state index >= 15 is 0 Å². The molecule has 3 aromatic carbocycles. The second kappa shape index (κ2) is 8.90. The molecule has 0 amide bonds. The summed E-state index contributed by atoms with van der Waals surface area (Å²) in [6.07, 6.45) is 4.67. The summed E-state index contributed by atoms with van der Waals surface area (Å²) in [5.74, 6) is -0.348. The highest BCUT2D eigenvalue weighted by Crippen LogP contribution is 2.25. The Labute approximate surface area is 169 Å². The summed E-state index contributed by atoms with van der Waals surface area (Å²) >= 11 is 12.1. The topological polar surface area (TPSA) is 26.3 Å². The fraction of sp³-hybridized carbons (Fsp3) is 0.0870. The SMILES string of the molecule is COC(=O)c1ccccc1C=Cc1ccccc1Cc1ccc(Cl)c(Cl)c1. The van der Waals surface area contributed by atoms with E-state index in [1.807, 2.05) is 66.7 Å². The van der Waals surface area contributed by atoms with Gasteiger partial charge in [0.1, 0.15) is 0 Å². The number of halogens is 2. The number of hydrogen-bond acceptors (Lipinski definition) is 2. The van der Waals surface area contributed by atoms with Gasteiger partial charge in [0.05, 0.1) is 22.7 Å². The molecule has 2 nitrogen and oxygen atoms in total. The molecular formula is C23H18Cl2O2. The standard InChI is InChI=1S/C23H18Cl2O2/c1-27-23(26)20-9-5-4-7-18(20)12-11-17-6-2-3-8-19(17)14-16-10-13-21(24)22(25)15-16/h2-13,15H,14H2,1H3. The highest BCUT2D eigenvalue weighted by atomic mass is 35.5. The number of carbonyl (C=O) groups excluding carboxylic acids is 1. The van der Waals surface area contributed by atoms with Gasteiger partial charge in [-0.25, -0.2) is 4.79 Å². The van der Waals surface area contributed by atoms with Crippen molar-refractivity contribution in [3.8, 4) is 0 Å². The molecular weight excluding hydrogens is 379 g/mol. The molecule has 0 atom stereocenters. The van der Waals surface area contributed by atoms with Crippen LogP contribution in [-0.4, -0.2) is 13.1 Å². The van der Waals surface area contributed by atoms with Crippen LogP contribution in [0.15, 0.2) is 66.7 Å². The van der Waals surface area contributed by atoms with Gasteiger partial charge in [0.25, 0.3) is 0 Å². The van der Waals surface area contributed by atoms with Gasteiger partial charge in [-0.15, -0.1) is 0 Å². The van der Waals surface area contributed by atoms with Crippen molar-refractivity contribution in [3.63, 3.8) is 0 Å². The maximum atomic E-state index is 11.9. The lowest BCUT2D eigenvalue weighted by Gasteiger charge is -2.08. The Kier molecular flexibility index (Phi) is 6.33. The lowest BCUT2D eigenvalue weighted by molar-refractivity contribution is 0.0600. The minimum atomic E-state index is -0.348. The molecule has 0 N–H and O–H groups in total. The van der Waals surface area contributed by atoms with Crippen LogP contribution in [0.4, 0.5) is 0 Å². The van der Waals surface area contributed by atoms with Gasteiger partial charge in [0.2, 0.25) is 0 Å². The minimum Gasteiger partial charge on any atom is -0.465 e. The fourth-order valence-corrected chi connectivity index (χ4v) is 3.17. The fourth-order valence-electron chi connectivity index (χ4n) is 2.85. The van der Waals surface area contributed by atoms with Crippen molar-refractivity contribution >= 4 is 41.3 Å². The summed E-state index contributed by atoms with van der Waals surface area (Å²) in [5.41, 5.74) is 4.66. The van der Waals surface area contributed by atoms with Gasteiger partial charge in [-0.1, -0.05) is 83.9 Å². The van der Waals surface area contributed by atoms with Gasteiger partial charge in [-0.2, -0.15) is 0 Å². The molecule has 0 saturated carbocycles. The number of ether oxygens (including phenoxy) is 1. The molecule has 0 aliphatic carbocycles. The Hall–Kier alpha value is -2.55. The van der Waals surface area contributed by atoms with Crippen molar-refractivity contribution in [2.75, 3.05) is 7.11 Å². The van der Waals surface area contributed by atoms with Gasteiger partial charge in [-0.3, -0.25) is 0 Å². The number of carbonyl (C=O) groups is 1. The lowest BCUT2D eigenvalue weighted by atomic mass is 9.98. The molecule has 0 aromatic heterocycles. The molecule has 0 aliphatic rings. The molecule has 0 saturated heterocycles. The van der Waals surface area contributed by atoms with E-state index in [9.17, 15) is 4.79 Å². The van der Waals surface area contributed by atoms with Crippen molar-refractivity contribution < 1.29 is 9.53 Å². The van der Waals surface area contributed by atoms with Crippen LogP contribution in [0.3, 0.4) is 0 Å². The Morgan fingerprint density at radius 2 is 1.56 bits per heavy atom. The van der Waals surface area contributed by atoms with Crippen LogP contribution in [0.25, 0.3) is 12.2 Å². The molecule has 0 radical (unpaired) electrons. The van der Waals surface area contributed by atoms with Crippen molar-refractivity contribution in [1.29, 1.82) is 0 Å². The lowest BCUT2D eigenvalue weighted by Crippen LogP contribution is -2.03.